The van der Waals surface area contributed by atoms with Crippen molar-refractivity contribution in [1.82, 2.24) is 14.5 Å². The van der Waals surface area contributed by atoms with Gasteiger partial charge in [0.25, 0.3) is 0 Å². The number of aliphatic hydroxyl groups excluding tert-OH is 1. The van der Waals surface area contributed by atoms with Crippen molar-refractivity contribution in [2.75, 3.05) is 31.3 Å². The summed E-state index contributed by atoms with van der Waals surface area (Å²) in [5.41, 5.74) is 16.9. The van der Waals surface area contributed by atoms with Crippen LogP contribution in [0.15, 0.2) is 42.5 Å². The van der Waals surface area contributed by atoms with Gasteiger partial charge in [0.1, 0.15) is 16.8 Å². The molecule has 0 atom stereocenters. The van der Waals surface area contributed by atoms with Gasteiger partial charge in [0.15, 0.2) is 5.82 Å². The van der Waals surface area contributed by atoms with E-state index in [0.29, 0.717) is 13.1 Å². The molecule has 0 aliphatic carbocycles. The number of terminal acetylenes is 1. The number of aromatic nitrogens is 3. The molecule has 4 rings (SSSR count). The number of anilines is 2. The number of fused-ring (bicyclic) bond motifs is 3. The predicted octanol–water partition coefficient (Wildman–Crippen LogP) is 5.17. The van der Waals surface area contributed by atoms with Crippen LogP contribution in [-0.4, -0.2) is 39.9 Å². The zero-order chi connectivity index (χ0) is 27.8. The molecule has 0 bridgehead atoms. The van der Waals surface area contributed by atoms with Gasteiger partial charge in [0.05, 0.1) is 19.2 Å². The van der Waals surface area contributed by atoms with E-state index in [1.807, 2.05) is 38.1 Å². The Bertz CT molecular complexity index is 1250. The molecule has 0 aliphatic heterocycles. The van der Waals surface area contributed by atoms with Crippen molar-refractivity contribution >= 4 is 33.7 Å². The third-order valence-electron chi connectivity index (χ3n) is 5.35. The summed E-state index contributed by atoms with van der Waals surface area (Å²) in [5, 5.41) is 12.1. The molecule has 0 saturated heterocycles. The summed E-state index contributed by atoms with van der Waals surface area (Å²) in [7, 11) is 1.69. The van der Waals surface area contributed by atoms with E-state index in [1.165, 1.54) is 0 Å². The molecule has 0 fully saturated rings. The van der Waals surface area contributed by atoms with Crippen LogP contribution in [-0.2, 0) is 13.1 Å². The number of hydrogen-bond donors (Lipinski definition) is 4. The summed E-state index contributed by atoms with van der Waals surface area (Å²) in [4.78, 5) is 9.12. The van der Waals surface area contributed by atoms with Gasteiger partial charge in [0, 0.05) is 30.6 Å². The van der Waals surface area contributed by atoms with Crippen LogP contribution in [0.3, 0.4) is 0 Å². The van der Waals surface area contributed by atoms with Crippen molar-refractivity contribution in [1.29, 1.82) is 0 Å². The summed E-state index contributed by atoms with van der Waals surface area (Å²) in [6, 6.07) is 14.3. The highest BCUT2D eigenvalue weighted by Gasteiger charge is 2.18. The largest absolute Gasteiger partial charge is 0.496 e. The van der Waals surface area contributed by atoms with Crippen molar-refractivity contribution in [2.24, 2.45) is 5.73 Å². The van der Waals surface area contributed by atoms with E-state index in [4.69, 9.17) is 21.3 Å². The predicted molar refractivity (Wildman–Crippen MR) is 157 cm³/mol. The lowest BCUT2D eigenvalue weighted by Crippen LogP contribution is -2.10. The lowest BCUT2D eigenvalue weighted by Gasteiger charge is -2.15. The fourth-order valence-electron chi connectivity index (χ4n) is 3.87. The number of nitrogen functional groups attached to an aromatic ring is 1. The topological polar surface area (TPSA) is 124 Å². The Kier molecular flexibility index (Phi) is 14.2. The number of ether oxygens (including phenoxy) is 1. The Labute approximate surface area is 221 Å². The second kappa shape index (κ2) is 16.8. The SMILES string of the molecule is C#C.CC.CCCCNc1nc(N)nc2c3ccccc3n(Cc3cc(CN)ccc3OC)c12.CCO. The minimum absolute atomic E-state index is 0.250. The van der Waals surface area contributed by atoms with Crippen molar-refractivity contribution in [3.63, 3.8) is 0 Å². The van der Waals surface area contributed by atoms with Crippen LogP contribution in [0, 0.1) is 12.8 Å². The number of rotatable bonds is 8. The van der Waals surface area contributed by atoms with Gasteiger partial charge in [-0.15, -0.1) is 12.8 Å². The van der Waals surface area contributed by atoms with Crippen molar-refractivity contribution < 1.29 is 9.84 Å². The molecule has 0 radical (unpaired) electrons. The molecule has 2 aromatic carbocycles. The molecule has 0 unspecified atom stereocenters. The summed E-state index contributed by atoms with van der Waals surface area (Å²) in [5.74, 6) is 1.86. The number of hydrogen-bond acceptors (Lipinski definition) is 7. The molecular formula is C29H42N6O2. The average molecular weight is 507 g/mol. The minimum Gasteiger partial charge on any atom is -0.496 e. The van der Waals surface area contributed by atoms with Gasteiger partial charge in [-0.3, -0.25) is 0 Å². The highest BCUT2D eigenvalue weighted by atomic mass is 16.5. The van der Waals surface area contributed by atoms with Crippen molar-refractivity contribution in [3.05, 3.63) is 53.6 Å². The van der Waals surface area contributed by atoms with Crippen LogP contribution in [0.5, 0.6) is 5.75 Å². The maximum absolute atomic E-state index is 7.57. The van der Waals surface area contributed by atoms with Gasteiger partial charge in [-0.1, -0.05) is 51.5 Å². The van der Waals surface area contributed by atoms with E-state index >= 15 is 0 Å². The Morgan fingerprint density at radius 1 is 1.08 bits per heavy atom. The van der Waals surface area contributed by atoms with E-state index in [1.54, 1.807) is 14.0 Å². The molecule has 6 N–H and O–H groups in total. The number of unbranched alkanes of at least 4 members (excludes halogenated alkanes) is 1. The van der Waals surface area contributed by atoms with E-state index in [-0.39, 0.29) is 12.6 Å². The molecule has 2 aromatic heterocycles. The van der Waals surface area contributed by atoms with Gasteiger partial charge in [-0.2, -0.15) is 4.98 Å². The smallest absolute Gasteiger partial charge is 0.222 e. The van der Waals surface area contributed by atoms with Crippen LogP contribution in [0.4, 0.5) is 11.8 Å². The first-order valence-electron chi connectivity index (χ1n) is 12.7. The fourth-order valence-corrected chi connectivity index (χ4v) is 3.87. The minimum atomic E-state index is 0.250. The number of nitrogens with two attached hydrogens (primary N) is 2. The summed E-state index contributed by atoms with van der Waals surface area (Å²) < 4.78 is 7.86. The molecule has 8 nitrogen and oxygen atoms in total. The average Bonchev–Trinajstić information content (AvgIpc) is 3.24. The Balaban J connectivity index is 0.000000894. The lowest BCUT2D eigenvalue weighted by molar-refractivity contribution is 0.318. The normalized spacial score (nSPS) is 9.86. The molecular weight excluding hydrogens is 464 g/mol. The molecule has 0 aliphatic rings. The molecule has 4 aromatic rings. The maximum atomic E-state index is 7.57. The van der Waals surface area contributed by atoms with Gasteiger partial charge in [-0.25, -0.2) is 4.98 Å². The number of methoxy groups -OCH3 is 1. The molecule has 8 heteroatoms. The Morgan fingerprint density at radius 2 is 1.76 bits per heavy atom. The molecule has 37 heavy (non-hydrogen) atoms. The second-order valence-corrected chi connectivity index (χ2v) is 7.68. The number of nitrogens with zero attached hydrogens (tertiary/aromatic N) is 3. The molecule has 2 heterocycles. The number of benzene rings is 2. The Morgan fingerprint density at radius 3 is 2.38 bits per heavy atom. The van der Waals surface area contributed by atoms with Crippen molar-refractivity contribution in [3.8, 4) is 18.6 Å². The summed E-state index contributed by atoms with van der Waals surface area (Å²) in [6.07, 6.45) is 10.2. The molecule has 0 amide bonds. The van der Waals surface area contributed by atoms with Gasteiger partial charge >= 0.3 is 0 Å². The van der Waals surface area contributed by atoms with E-state index < -0.39 is 0 Å². The first-order valence-corrected chi connectivity index (χ1v) is 12.7. The standard InChI is InChI=1S/C23H28N6O.C2H6O.C2H6.C2H2/c1-3-4-11-26-22-21-20(27-23(25)28-22)17-7-5-6-8-18(17)29(21)14-16-12-15(13-24)9-10-19(16)30-2;1-2-3;2*1-2/h5-10,12H,3-4,11,13-14,24H2,1-2H3,(H3,25,26,27,28);3H,2H2,1H3;1-2H3;1-2H. The van der Waals surface area contributed by atoms with Gasteiger partial charge < -0.3 is 31.2 Å². The second-order valence-electron chi connectivity index (χ2n) is 7.68. The third kappa shape index (κ3) is 7.84. The van der Waals surface area contributed by atoms with E-state index in [9.17, 15) is 0 Å². The maximum Gasteiger partial charge on any atom is 0.222 e. The van der Waals surface area contributed by atoms with Crippen LogP contribution in [0.2, 0.25) is 0 Å². The lowest BCUT2D eigenvalue weighted by atomic mass is 10.1. The Hall–Kier alpha value is -3.80. The highest BCUT2D eigenvalue weighted by molar-refractivity contribution is 6.09. The first kappa shape index (κ1) is 31.2. The monoisotopic (exact) mass is 506 g/mol. The van der Waals surface area contributed by atoms with E-state index in [2.05, 4.69) is 57.8 Å². The zero-order valence-corrected chi connectivity index (χ0v) is 22.8. The van der Waals surface area contributed by atoms with Crippen LogP contribution in [0.25, 0.3) is 21.9 Å². The zero-order valence-electron chi connectivity index (χ0n) is 22.8. The first-order chi connectivity index (χ1) is 18.1. The molecule has 200 valence electrons. The van der Waals surface area contributed by atoms with E-state index in [0.717, 1.165) is 64.0 Å². The number of para-hydroxylation sites is 1. The summed E-state index contributed by atoms with van der Waals surface area (Å²) >= 11 is 0. The van der Waals surface area contributed by atoms with Gasteiger partial charge in [-0.05, 0) is 37.1 Å². The fraction of sp³-hybridized carbons (Fsp3) is 0.379. The van der Waals surface area contributed by atoms with Crippen LogP contribution >= 0.6 is 0 Å². The highest BCUT2D eigenvalue weighted by Crippen LogP contribution is 2.34. The third-order valence-corrected chi connectivity index (χ3v) is 5.35. The number of nitrogens with one attached hydrogen (secondary N) is 1. The van der Waals surface area contributed by atoms with Gasteiger partial charge in [0.2, 0.25) is 5.95 Å². The summed E-state index contributed by atoms with van der Waals surface area (Å²) in [6.45, 7) is 10.0. The van der Waals surface area contributed by atoms with Crippen LogP contribution < -0.4 is 21.5 Å². The quantitative estimate of drug-likeness (QED) is 0.192. The van der Waals surface area contributed by atoms with Crippen LogP contribution in [0.1, 0.15) is 51.7 Å². The molecule has 0 spiro atoms. The van der Waals surface area contributed by atoms with Crippen molar-refractivity contribution in [2.45, 2.75) is 53.6 Å². The molecule has 0 saturated carbocycles. The number of aliphatic hydroxyl groups is 1.